The fourth-order valence-electron chi connectivity index (χ4n) is 2.20. The molecule has 1 fully saturated rings. The Morgan fingerprint density at radius 2 is 2.00 bits per heavy atom. The van der Waals surface area contributed by atoms with Crippen molar-refractivity contribution in [2.24, 2.45) is 0 Å². The molecular formula is C14H19N3O2S. The van der Waals surface area contributed by atoms with E-state index in [0.717, 1.165) is 12.0 Å². The first-order valence-corrected chi connectivity index (χ1v) is 8.22. The van der Waals surface area contributed by atoms with Gasteiger partial charge in [-0.05, 0) is 24.1 Å². The fraction of sp³-hybridized carbons (Fsp3) is 0.500. The van der Waals surface area contributed by atoms with Crippen molar-refractivity contribution in [1.82, 2.24) is 9.62 Å². The predicted molar refractivity (Wildman–Crippen MR) is 76.6 cm³/mol. The molecule has 0 aromatic heterocycles. The molecule has 2 rings (SSSR count). The van der Waals surface area contributed by atoms with E-state index in [1.54, 1.807) is 28.6 Å². The van der Waals surface area contributed by atoms with Crippen molar-refractivity contribution in [3.8, 4) is 6.07 Å². The lowest BCUT2D eigenvalue weighted by Crippen LogP contribution is -2.58. The topological polar surface area (TPSA) is 73.2 Å². The zero-order valence-corrected chi connectivity index (χ0v) is 12.4. The normalized spacial score (nSPS) is 15.8. The zero-order chi connectivity index (χ0) is 14.6. The number of nitrogens with zero attached hydrogens (tertiary/aromatic N) is 2. The molecule has 0 unspecified atom stereocenters. The van der Waals surface area contributed by atoms with Gasteiger partial charge in [0.25, 0.3) is 0 Å². The summed E-state index contributed by atoms with van der Waals surface area (Å²) in [5, 5.41) is 11.7. The third-order valence-electron chi connectivity index (χ3n) is 3.42. The van der Waals surface area contributed by atoms with Crippen LogP contribution in [-0.4, -0.2) is 38.4 Å². The van der Waals surface area contributed by atoms with Crippen molar-refractivity contribution in [1.29, 1.82) is 5.26 Å². The van der Waals surface area contributed by atoms with E-state index in [4.69, 9.17) is 5.26 Å². The average molecular weight is 293 g/mol. The second kappa shape index (κ2) is 6.35. The number of sulfonamides is 1. The van der Waals surface area contributed by atoms with Gasteiger partial charge in [0.05, 0.1) is 23.4 Å². The third-order valence-corrected chi connectivity index (χ3v) is 5.39. The molecule has 0 spiro atoms. The third kappa shape index (κ3) is 3.01. The van der Waals surface area contributed by atoms with Crippen LogP contribution >= 0.6 is 0 Å². The van der Waals surface area contributed by atoms with Gasteiger partial charge in [-0.3, -0.25) is 0 Å². The first kappa shape index (κ1) is 15.0. The van der Waals surface area contributed by atoms with Crippen LogP contribution in [0.2, 0.25) is 0 Å². The SMILES string of the molecule is CCCN(C1CNC1)S(=O)(=O)c1ccc(CC#N)cc1. The molecule has 1 N–H and O–H groups in total. The van der Waals surface area contributed by atoms with E-state index >= 15 is 0 Å². The van der Waals surface area contributed by atoms with Gasteiger partial charge in [0, 0.05) is 19.6 Å². The molecule has 20 heavy (non-hydrogen) atoms. The van der Waals surface area contributed by atoms with Crippen molar-refractivity contribution < 1.29 is 8.42 Å². The minimum absolute atomic E-state index is 0.0544. The van der Waals surface area contributed by atoms with Gasteiger partial charge >= 0.3 is 0 Å². The van der Waals surface area contributed by atoms with Gasteiger partial charge in [-0.25, -0.2) is 8.42 Å². The molecule has 1 aromatic rings. The minimum Gasteiger partial charge on any atom is -0.313 e. The Labute approximate surface area is 120 Å². The van der Waals surface area contributed by atoms with E-state index in [0.29, 0.717) is 31.0 Å². The Kier molecular flexibility index (Phi) is 4.76. The number of hydrogen-bond acceptors (Lipinski definition) is 4. The molecule has 1 aromatic carbocycles. The molecule has 0 aliphatic carbocycles. The quantitative estimate of drug-likeness (QED) is 0.853. The summed E-state index contributed by atoms with van der Waals surface area (Å²) in [6, 6.07) is 8.71. The van der Waals surface area contributed by atoms with E-state index < -0.39 is 10.0 Å². The highest BCUT2D eigenvalue weighted by Crippen LogP contribution is 2.21. The second-order valence-corrected chi connectivity index (χ2v) is 6.80. The van der Waals surface area contributed by atoms with Crippen LogP contribution in [0.4, 0.5) is 0 Å². The highest BCUT2D eigenvalue weighted by Gasteiger charge is 2.33. The summed E-state index contributed by atoms with van der Waals surface area (Å²) >= 11 is 0. The molecular weight excluding hydrogens is 274 g/mol. The average Bonchev–Trinajstić information content (AvgIpc) is 2.37. The van der Waals surface area contributed by atoms with Crippen molar-refractivity contribution in [3.63, 3.8) is 0 Å². The summed E-state index contributed by atoms with van der Waals surface area (Å²) in [7, 11) is -3.44. The monoisotopic (exact) mass is 293 g/mol. The maximum Gasteiger partial charge on any atom is 0.243 e. The molecule has 1 heterocycles. The number of nitriles is 1. The van der Waals surface area contributed by atoms with Crippen LogP contribution in [0.3, 0.4) is 0 Å². The Hall–Kier alpha value is -1.42. The van der Waals surface area contributed by atoms with Crippen molar-refractivity contribution in [2.75, 3.05) is 19.6 Å². The smallest absolute Gasteiger partial charge is 0.243 e. The van der Waals surface area contributed by atoms with Gasteiger partial charge in [-0.1, -0.05) is 19.1 Å². The lowest BCUT2D eigenvalue weighted by atomic mass is 10.2. The van der Waals surface area contributed by atoms with E-state index in [1.807, 2.05) is 6.92 Å². The Bertz CT molecular complexity index is 586. The maximum atomic E-state index is 12.7. The molecule has 0 bridgehead atoms. The lowest BCUT2D eigenvalue weighted by Gasteiger charge is -2.37. The van der Waals surface area contributed by atoms with Crippen LogP contribution in [-0.2, 0) is 16.4 Å². The predicted octanol–water partition coefficient (Wildman–Crippen LogP) is 1.13. The lowest BCUT2D eigenvalue weighted by molar-refractivity contribution is 0.242. The van der Waals surface area contributed by atoms with Gasteiger partial charge in [0.2, 0.25) is 10.0 Å². The summed E-state index contributed by atoms with van der Waals surface area (Å²) < 4.78 is 26.9. The van der Waals surface area contributed by atoms with E-state index in [2.05, 4.69) is 11.4 Å². The molecule has 0 atom stereocenters. The van der Waals surface area contributed by atoms with Crippen LogP contribution in [0, 0.1) is 11.3 Å². The summed E-state index contributed by atoms with van der Waals surface area (Å²) in [5.41, 5.74) is 0.832. The molecule has 108 valence electrons. The van der Waals surface area contributed by atoms with Gasteiger partial charge in [-0.2, -0.15) is 9.57 Å². The molecule has 1 aliphatic rings. The van der Waals surface area contributed by atoms with Crippen LogP contribution in [0.25, 0.3) is 0 Å². The first-order valence-electron chi connectivity index (χ1n) is 6.78. The van der Waals surface area contributed by atoms with Crippen LogP contribution in [0.1, 0.15) is 18.9 Å². The number of hydrogen-bond donors (Lipinski definition) is 1. The van der Waals surface area contributed by atoms with Crippen LogP contribution in [0.5, 0.6) is 0 Å². The van der Waals surface area contributed by atoms with Gasteiger partial charge in [0.1, 0.15) is 0 Å². The Morgan fingerprint density at radius 1 is 1.35 bits per heavy atom. The molecule has 6 heteroatoms. The molecule has 0 amide bonds. The standard InChI is InChI=1S/C14H19N3O2S/c1-2-9-17(13-10-16-11-13)20(18,19)14-5-3-12(4-6-14)7-8-15/h3-6,13,16H,2,7,9-11H2,1H3. The highest BCUT2D eigenvalue weighted by atomic mass is 32.2. The highest BCUT2D eigenvalue weighted by molar-refractivity contribution is 7.89. The number of rotatable bonds is 6. The van der Waals surface area contributed by atoms with Crippen LogP contribution < -0.4 is 5.32 Å². The number of nitrogens with one attached hydrogen (secondary N) is 1. The largest absolute Gasteiger partial charge is 0.313 e. The zero-order valence-electron chi connectivity index (χ0n) is 11.5. The summed E-state index contributed by atoms with van der Waals surface area (Å²) in [6.07, 6.45) is 1.09. The Morgan fingerprint density at radius 3 is 2.45 bits per heavy atom. The van der Waals surface area contributed by atoms with E-state index in [9.17, 15) is 8.42 Å². The summed E-state index contributed by atoms with van der Waals surface area (Å²) in [6.45, 7) is 3.94. The summed E-state index contributed by atoms with van der Waals surface area (Å²) in [4.78, 5) is 0.305. The Balaban J connectivity index is 2.25. The van der Waals surface area contributed by atoms with E-state index in [-0.39, 0.29) is 6.04 Å². The van der Waals surface area contributed by atoms with Crippen molar-refractivity contribution >= 4 is 10.0 Å². The number of benzene rings is 1. The van der Waals surface area contributed by atoms with Crippen molar-refractivity contribution in [2.45, 2.75) is 30.7 Å². The first-order chi connectivity index (χ1) is 9.59. The molecule has 0 saturated carbocycles. The maximum absolute atomic E-state index is 12.7. The summed E-state index contributed by atoms with van der Waals surface area (Å²) in [5.74, 6) is 0. The van der Waals surface area contributed by atoms with Gasteiger partial charge in [0.15, 0.2) is 0 Å². The minimum atomic E-state index is -3.44. The molecule has 5 nitrogen and oxygen atoms in total. The molecule has 0 radical (unpaired) electrons. The second-order valence-electron chi connectivity index (χ2n) is 4.91. The van der Waals surface area contributed by atoms with Crippen molar-refractivity contribution in [3.05, 3.63) is 29.8 Å². The molecule has 1 saturated heterocycles. The van der Waals surface area contributed by atoms with Gasteiger partial charge in [-0.15, -0.1) is 0 Å². The van der Waals surface area contributed by atoms with E-state index in [1.165, 1.54) is 0 Å². The van der Waals surface area contributed by atoms with Gasteiger partial charge < -0.3 is 5.32 Å². The van der Waals surface area contributed by atoms with Crippen LogP contribution in [0.15, 0.2) is 29.2 Å². The molecule has 1 aliphatic heterocycles. The fourth-order valence-corrected chi connectivity index (χ4v) is 3.92.